The van der Waals surface area contributed by atoms with Crippen LogP contribution in [0.3, 0.4) is 0 Å². The molecule has 1 aromatic rings. The number of hydrogen-bond donors (Lipinski definition) is 2. The fourth-order valence-corrected chi connectivity index (χ4v) is 4.13. The summed E-state index contributed by atoms with van der Waals surface area (Å²) in [7, 11) is 2.21. The van der Waals surface area contributed by atoms with Gasteiger partial charge in [0.25, 0.3) is 0 Å². The minimum atomic E-state index is -0.180. The molecule has 0 aliphatic carbocycles. The molecule has 2 heterocycles. The van der Waals surface area contributed by atoms with Crippen molar-refractivity contribution in [1.82, 2.24) is 15.1 Å². The molecule has 0 spiro atoms. The van der Waals surface area contributed by atoms with Gasteiger partial charge in [-0.15, -0.1) is 0 Å². The van der Waals surface area contributed by atoms with E-state index in [-0.39, 0.29) is 6.10 Å². The van der Waals surface area contributed by atoms with Crippen LogP contribution in [0.25, 0.3) is 0 Å². The molecule has 0 radical (unpaired) electrons. The van der Waals surface area contributed by atoms with Crippen LogP contribution in [0.1, 0.15) is 25.3 Å². The zero-order valence-corrected chi connectivity index (χ0v) is 14.5. The fraction of sp³-hybridized carbons (Fsp3) is 0.684. The van der Waals surface area contributed by atoms with Crippen LogP contribution < -0.4 is 5.32 Å². The summed E-state index contributed by atoms with van der Waals surface area (Å²) in [5.41, 5.74) is 1.33. The lowest BCUT2D eigenvalue weighted by atomic mass is 9.94. The van der Waals surface area contributed by atoms with E-state index >= 15 is 0 Å². The van der Waals surface area contributed by atoms with Crippen molar-refractivity contribution >= 4 is 0 Å². The first-order valence-electron chi connectivity index (χ1n) is 9.00. The maximum absolute atomic E-state index is 10.1. The number of rotatable bonds is 5. The highest BCUT2D eigenvalue weighted by Gasteiger charge is 2.32. The SMILES string of the molecule is CC1CN(C)CCC1NCC1CC(O)CN1Cc1ccccc1. The molecule has 0 saturated carbocycles. The third-order valence-corrected chi connectivity index (χ3v) is 5.46. The lowest BCUT2D eigenvalue weighted by Crippen LogP contribution is -2.50. The fourth-order valence-electron chi connectivity index (χ4n) is 4.13. The minimum Gasteiger partial charge on any atom is -0.392 e. The Hall–Kier alpha value is -0.940. The van der Waals surface area contributed by atoms with Crippen LogP contribution in [-0.4, -0.2) is 66.3 Å². The predicted octanol–water partition coefficient (Wildman–Crippen LogP) is 1.55. The number of aliphatic hydroxyl groups excluding tert-OH is 1. The smallest absolute Gasteiger partial charge is 0.0682 e. The number of piperidine rings is 1. The van der Waals surface area contributed by atoms with Crippen LogP contribution in [0.2, 0.25) is 0 Å². The van der Waals surface area contributed by atoms with Gasteiger partial charge in [0.05, 0.1) is 6.10 Å². The van der Waals surface area contributed by atoms with Gasteiger partial charge >= 0.3 is 0 Å². The number of aliphatic hydroxyl groups is 1. The van der Waals surface area contributed by atoms with E-state index in [1.54, 1.807) is 0 Å². The molecule has 2 N–H and O–H groups in total. The molecule has 2 fully saturated rings. The Morgan fingerprint density at radius 2 is 2.00 bits per heavy atom. The highest BCUT2D eigenvalue weighted by atomic mass is 16.3. The van der Waals surface area contributed by atoms with Crippen molar-refractivity contribution in [1.29, 1.82) is 0 Å². The van der Waals surface area contributed by atoms with E-state index < -0.39 is 0 Å². The number of benzene rings is 1. The van der Waals surface area contributed by atoms with Crippen LogP contribution in [-0.2, 0) is 6.54 Å². The summed E-state index contributed by atoms with van der Waals surface area (Å²) in [5, 5.41) is 13.9. The van der Waals surface area contributed by atoms with Gasteiger partial charge in [0.2, 0.25) is 0 Å². The second-order valence-electron chi connectivity index (χ2n) is 7.50. The van der Waals surface area contributed by atoms with Crippen molar-refractivity contribution in [2.75, 3.05) is 33.2 Å². The van der Waals surface area contributed by atoms with Crippen molar-refractivity contribution in [3.63, 3.8) is 0 Å². The van der Waals surface area contributed by atoms with Gasteiger partial charge in [0.1, 0.15) is 0 Å². The first kappa shape index (κ1) is 16.9. The van der Waals surface area contributed by atoms with Crippen molar-refractivity contribution in [3.05, 3.63) is 35.9 Å². The highest BCUT2D eigenvalue weighted by Crippen LogP contribution is 2.21. The monoisotopic (exact) mass is 317 g/mol. The number of likely N-dealkylation sites (tertiary alicyclic amines) is 2. The van der Waals surface area contributed by atoms with Gasteiger partial charge in [0, 0.05) is 38.3 Å². The summed E-state index contributed by atoms with van der Waals surface area (Å²) < 4.78 is 0. The first-order chi connectivity index (χ1) is 11.1. The molecular weight excluding hydrogens is 286 g/mol. The third kappa shape index (κ3) is 4.54. The van der Waals surface area contributed by atoms with Gasteiger partial charge in [-0.2, -0.15) is 0 Å². The van der Waals surface area contributed by atoms with Gasteiger partial charge in [-0.1, -0.05) is 37.3 Å². The maximum atomic E-state index is 10.1. The summed E-state index contributed by atoms with van der Waals surface area (Å²) in [6.45, 7) is 7.43. The van der Waals surface area contributed by atoms with E-state index in [4.69, 9.17) is 0 Å². The molecular formula is C19H31N3O. The summed E-state index contributed by atoms with van der Waals surface area (Å²) >= 11 is 0. The highest BCUT2D eigenvalue weighted by molar-refractivity contribution is 5.15. The van der Waals surface area contributed by atoms with Crippen LogP contribution in [0.4, 0.5) is 0 Å². The molecule has 0 amide bonds. The molecule has 0 aromatic heterocycles. The van der Waals surface area contributed by atoms with Crippen LogP contribution in [0.5, 0.6) is 0 Å². The van der Waals surface area contributed by atoms with E-state index in [0.717, 1.165) is 26.1 Å². The summed E-state index contributed by atoms with van der Waals surface area (Å²) in [6, 6.07) is 11.6. The molecule has 23 heavy (non-hydrogen) atoms. The zero-order valence-electron chi connectivity index (χ0n) is 14.5. The van der Waals surface area contributed by atoms with Crippen molar-refractivity contribution in [3.8, 4) is 0 Å². The standard InChI is InChI=1S/C19H31N3O/c1-15-12-21(2)9-8-19(15)20-11-17-10-18(23)14-22(17)13-16-6-4-3-5-7-16/h3-7,15,17-20,23H,8-14H2,1-2H3. The van der Waals surface area contributed by atoms with Crippen molar-refractivity contribution in [2.45, 2.75) is 44.5 Å². The number of nitrogens with zero attached hydrogens (tertiary/aromatic N) is 2. The van der Waals surface area contributed by atoms with Gasteiger partial charge in [-0.25, -0.2) is 0 Å². The summed E-state index contributed by atoms with van der Waals surface area (Å²) in [6.07, 6.45) is 1.94. The maximum Gasteiger partial charge on any atom is 0.0682 e. The quantitative estimate of drug-likeness (QED) is 0.864. The van der Waals surface area contributed by atoms with Crippen LogP contribution >= 0.6 is 0 Å². The van der Waals surface area contributed by atoms with Crippen molar-refractivity contribution in [2.24, 2.45) is 5.92 Å². The number of β-amino-alcohol motifs (C(OH)–C–C–N with tert-alkyl or cyclic N) is 1. The van der Waals surface area contributed by atoms with Gasteiger partial charge in [-0.3, -0.25) is 4.90 Å². The van der Waals surface area contributed by atoms with Gasteiger partial charge in [0.15, 0.2) is 0 Å². The third-order valence-electron chi connectivity index (χ3n) is 5.46. The lowest BCUT2D eigenvalue weighted by molar-refractivity contribution is 0.159. The Kier molecular flexibility index (Phi) is 5.70. The molecule has 2 aliphatic rings. The molecule has 128 valence electrons. The Labute approximate surface area is 140 Å². The topological polar surface area (TPSA) is 38.7 Å². The van der Waals surface area contributed by atoms with Crippen LogP contribution in [0.15, 0.2) is 30.3 Å². The minimum absolute atomic E-state index is 0.180. The Balaban J connectivity index is 1.53. The molecule has 2 aliphatic heterocycles. The Morgan fingerprint density at radius 3 is 2.74 bits per heavy atom. The molecule has 4 nitrogen and oxygen atoms in total. The Bertz CT molecular complexity index is 481. The van der Waals surface area contributed by atoms with E-state index in [1.165, 1.54) is 25.1 Å². The van der Waals surface area contributed by atoms with E-state index in [1.807, 2.05) is 0 Å². The molecule has 4 atom stereocenters. The number of nitrogens with one attached hydrogen (secondary N) is 1. The molecule has 4 unspecified atom stereocenters. The second-order valence-corrected chi connectivity index (χ2v) is 7.50. The second kappa shape index (κ2) is 7.75. The normalized spacial score (nSPS) is 33.2. The Morgan fingerprint density at radius 1 is 1.22 bits per heavy atom. The molecule has 3 rings (SSSR count). The summed E-state index contributed by atoms with van der Waals surface area (Å²) in [4.78, 5) is 4.86. The average molecular weight is 317 g/mol. The zero-order chi connectivity index (χ0) is 16.2. The van der Waals surface area contributed by atoms with Gasteiger partial charge < -0.3 is 15.3 Å². The molecule has 4 heteroatoms. The number of hydrogen-bond acceptors (Lipinski definition) is 4. The lowest BCUT2D eigenvalue weighted by Gasteiger charge is -2.36. The first-order valence-corrected chi connectivity index (χ1v) is 9.00. The molecule has 0 bridgehead atoms. The molecule has 2 saturated heterocycles. The largest absolute Gasteiger partial charge is 0.392 e. The molecule has 1 aromatic carbocycles. The van der Waals surface area contributed by atoms with Gasteiger partial charge in [-0.05, 0) is 37.9 Å². The van der Waals surface area contributed by atoms with E-state index in [2.05, 4.69) is 59.4 Å². The average Bonchev–Trinajstić information content (AvgIpc) is 2.87. The van der Waals surface area contributed by atoms with Crippen molar-refractivity contribution < 1.29 is 5.11 Å². The van der Waals surface area contributed by atoms with E-state index in [9.17, 15) is 5.11 Å². The predicted molar refractivity (Wildman–Crippen MR) is 94.3 cm³/mol. The van der Waals surface area contributed by atoms with Crippen LogP contribution in [0, 0.1) is 5.92 Å². The summed E-state index contributed by atoms with van der Waals surface area (Å²) in [5.74, 6) is 0.697. The van der Waals surface area contributed by atoms with E-state index in [0.29, 0.717) is 18.0 Å².